The number of phenols is 1. The van der Waals surface area contributed by atoms with Crippen LogP contribution in [0.4, 0.5) is 13.2 Å². The molecule has 2 aromatic carbocycles. The first-order valence-electron chi connectivity index (χ1n) is 6.87. The lowest BCUT2D eigenvalue weighted by atomic mass is 10.0. The quantitative estimate of drug-likeness (QED) is 0.666. The summed E-state index contributed by atoms with van der Waals surface area (Å²) < 4.78 is 44.6. The molecule has 0 aliphatic rings. The average Bonchev–Trinajstić information content (AvgIpc) is 2.54. The van der Waals surface area contributed by atoms with E-state index in [2.05, 4.69) is 0 Å². The molecule has 23 heavy (non-hydrogen) atoms. The van der Waals surface area contributed by atoms with Gasteiger partial charge in [0.15, 0.2) is 22.9 Å². The molecule has 1 heterocycles. The van der Waals surface area contributed by atoms with Crippen molar-refractivity contribution >= 4 is 11.0 Å². The minimum absolute atomic E-state index is 0.0859. The van der Waals surface area contributed by atoms with Gasteiger partial charge in [-0.3, -0.25) is 4.79 Å². The maximum absolute atomic E-state index is 13.2. The number of benzene rings is 2. The zero-order valence-corrected chi connectivity index (χ0v) is 12.4. The number of fused-ring (bicyclic) bond motifs is 1. The molecule has 0 fully saturated rings. The number of aromatic hydroxyl groups is 1. The zero-order chi connectivity index (χ0) is 17.1. The van der Waals surface area contributed by atoms with E-state index in [0.717, 1.165) is 18.4 Å². The van der Waals surface area contributed by atoms with Crippen LogP contribution in [0.1, 0.15) is 13.8 Å². The van der Waals surface area contributed by atoms with E-state index in [1.54, 1.807) is 0 Å². The predicted molar refractivity (Wildman–Crippen MR) is 80.8 cm³/mol. The van der Waals surface area contributed by atoms with Gasteiger partial charge in [-0.25, -0.2) is 13.2 Å². The normalized spacial score (nSPS) is 10.3. The highest BCUT2D eigenvalue weighted by molar-refractivity contribution is 5.82. The highest BCUT2D eigenvalue weighted by atomic mass is 19.2. The van der Waals surface area contributed by atoms with Crippen LogP contribution in [0.15, 0.2) is 45.8 Å². The maximum atomic E-state index is 13.2. The van der Waals surface area contributed by atoms with Gasteiger partial charge in [-0.15, -0.1) is 0 Å². The molecule has 0 aliphatic heterocycles. The number of phenolic OH excluding ortho intramolecular Hbond substituents is 1. The van der Waals surface area contributed by atoms with Crippen molar-refractivity contribution < 1.29 is 22.7 Å². The molecule has 0 saturated carbocycles. The van der Waals surface area contributed by atoms with Gasteiger partial charge in [0.05, 0.1) is 10.9 Å². The second-order valence-corrected chi connectivity index (χ2v) is 4.41. The third-order valence-corrected chi connectivity index (χ3v) is 3.05. The van der Waals surface area contributed by atoms with Crippen molar-refractivity contribution in [3.05, 3.63) is 64.3 Å². The van der Waals surface area contributed by atoms with Gasteiger partial charge in [-0.2, -0.15) is 0 Å². The Morgan fingerprint density at radius 1 is 1.00 bits per heavy atom. The van der Waals surface area contributed by atoms with Crippen molar-refractivity contribution in [3.8, 4) is 16.9 Å². The van der Waals surface area contributed by atoms with Crippen LogP contribution in [-0.2, 0) is 0 Å². The Kier molecular flexibility index (Phi) is 4.74. The Bertz CT molecular complexity index is 894. The first-order valence-corrected chi connectivity index (χ1v) is 6.87. The van der Waals surface area contributed by atoms with Gasteiger partial charge in [0.2, 0.25) is 0 Å². The number of hydrogen-bond donors (Lipinski definition) is 1. The van der Waals surface area contributed by atoms with Gasteiger partial charge in [0, 0.05) is 6.07 Å². The fraction of sp³-hybridized carbons (Fsp3) is 0.118. The molecular formula is C17H13F3O3. The fourth-order valence-corrected chi connectivity index (χ4v) is 2.03. The number of rotatable bonds is 1. The Balaban J connectivity index is 0.000000924. The van der Waals surface area contributed by atoms with Crippen LogP contribution in [0, 0.1) is 17.5 Å². The molecule has 0 spiro atoms. The Labute approximate surface area is 129 Å². The smallest absolute Gasteiger partial charge is 0.200 e. The topological polar surface area (TPSA) is 50.4 Å². The van der Waals surface area contributed by atoms with E-state index in [0.29, 0.717) is 0 Å². The molecule has 1 N–H and O–H groups in total. The minimum atomic E-state index is -1.60. The molecule has 0 amide bonds. The van der Waals surface area contributed by atoms with E-state index in [1.807, 2.05) is 13.8 Å². The van der Waals surface area contributed by atoms with Gasteiger partial charge in [-0.1, -0.05) is 13.8 Å². The first kappa shape index (κ1) is 16.6. The van der Waals surface area contributed by atoms with E-state index in [9.17, 15) is 23.1 Å². The monoisotopic (exact) mass is 322 g/mol. The molecule has 6 heteroatoms. The molecule has 0 radical (unpaired) electrons. The summed E-state index contributed by atoms with van der Waals surface area (Å²) in [7, 11) is 0. The highest BCUT2D eigenvalue weighted by Crippen LogP contribution is 2.24. The van der Waals surface area contributed by atoms with Crippen LogP contribution >= 0.6 is 0 Å². The third kappa shape index (κ3) is 3.06. The summed E-state index contributed by atoms with van der Waals surface area (Å²) in [5, 5.41) is 9.44. The summed E-state index contributed by atoms with van der Waals surface area (Å²) in [5.41, 5.74) is -0.644. The van der Waals surface area contributed by atoms with E-state index in [4.69, 9.17) is 4.42 Å². The molecule has 3 rings (SSSR count). The molecule has 3 aromatic rings. The van der Waals surface area contributed by atoms with Gasteiger partial charge < -0.3 is 9.52 Å². The summed E-state index contributed by atoms with van der Waals surface area (Å²) in [5.74, 6) is -4.48. The summed E-state index contributed by atoms with van der Waals surface area (Å²) in [6.07, 6.45) is 1.01. The molecule has 0 saturated heterocycles. The van der Waals surface area contributed by atoms with Crippen LogP contribution in [0.3, 0.4) is 0 Å². The summed E-state index contributed by atoms with van der Waals surface area (Å²) in [6.45, 7) is 4.00. The SMILES string of the molecule is CC.O=c1c(-c2cc(F)c(F)c(F)c2)coc2cc(O)ccc12. The Hall–Kier alpha value is -2.76. The fourth-order valence-electron chi connectivity index (χ4n) is 2.03. The van der Waals surface area contributed by atoms with Crippen LogP contribution in [-0.4, -0.2) is 5.11 Å². The average molecular weight is 322 g/mol. The minimum Gasteiger partial charge on any atom is -0.508 e. The maximum Gasteiger partial charge on any atom is 0.200 e. The molecule has 0 aliphatic carbocycles. The molecule has 0 atom stereocenters. The van der Waals surface area contributed by atoms with Crippen molar-refractivity contribution in [2.24, 2.45) is 0 Å². The van der Waals surface area contributed by atoms with E-state index >= 15 is 0 Å². The van der Waals surface area contributed by atoms with Crippen LogP contribution in [0.2, 0.25) is 0 Å². The van der Waals surface area contributed by atoms with Gasteiger partial charge in [0.25, 0.3) is 0 Å². The number of halogens is 3. The second kappa shape index (κ2) is 6.56. The molecular weight excluding hydrogens is 309 g/mol. The molecule has 120 valence electrons. The Morgan fingerprint density at radius 3 is 2.22 bits per heavy atom. The van der Waals surface area contributed by atoms with E-state index in [-0.39, 0.29) is 27.8 Å². The molecule has 1 aromatic heterocycles. The van der Waals surface area contributed by atoms with Crippen LogP contribution in [0.5, 0.6) is 5.75 Å². The lowest BCUT2D eigenvalue weighted by Crippen LogP contribution is -2.05. The second-order valence-electron chi connectivity index (χ2n) is 4.41. The summed E-state index contributed by atoms with van der Waals surface area (Å²) >= 11 is 0. The first-order chi connectivity index (χ1) is 11.0. The largest absolute Gasteiger partial charge is 0.508 e. The van der Waals surface area contributed by atoms with Gasteiger partial charge in [0.1, 0.15) is 17.6 Å². The van der Waals surface area contributed by atoms with E-state index in [1.165, 1.54) is 18.2 Å². The van der Waals surface area contributed by atoms with Gasteiger partial charge in [-0.05, 0) is 29.8 Å². The predicted octanol–water partition coefficient (Wildman–Crippen LogP) is 4.61. The lowest BCUT2D eigenvalue weighted by molar-refractivity contribution is 0.447. The zero-order valence-electron chi connectivity index (χ0n) is 12.4. The molecule has 0 unspecified atom stereocenters. The van der Waals surface area contributed by atoms with Crippen LogP contribution in [0.25, 0.3) is 22.1 Å². The lowest BCUT2D eigenvalue weighted by Gasteiger charge is -2.04. The van der Waals surface area contributed by atoms with Crippen LogP contribution < -0.4 is 5.43 Å². The van der Waals surface area contributed by atoms with Crippen molar-refractivity contribution in [1.29, 1.82) is 0 Å². The number of hydrogen-bond acceptors (Lipinski definition) is 3. The van der Waals surface area contributed by atoms with Crippen molar-refractivity contribution in [3.63, 3.8) is 0 Å². The third-order valence-electron chi connectivity index (χ3n) is 3.05. The van der Waals surface area contributed by atoms with Gasteiger partial charge >= 0.3 is 0 Å². The van der Waals surface area contributed by atoms with Crippen molar-refractivity contribution in [2.45, 2.75) is 13.8 Å². The summed E-state index contributed by atoms with van der Waals surface area (Å²) in [4.78, 5) is 12.3. The summed E-state index contributed by atoms with van der Waals surface area (Å²) in [6, 6.07) is 5.30. The Morgan fingerprint density at radius 2 is 1.61 bits per heavy atom. The van der Waals surface area contributed by atoms with Crippen molar-refractivity contribution in [1.82, 2.24) is 0 Å². The molecule has 0 bridgehead atoms. The highest BCUT2D eigenvalue weighted by Gasteiger charge is 2.15. The standard InChI is InChI=1S/C15H7F3O3.C2H6/c16-11-3-7(4-12(17)14(11)18)10-6-21-13-5-8(19)1-2-9(13)15(10)20;1-2/h1-6,19H;1-2H3. The molecule has 3 nitrogen and oxygen atoms in total. The van der Waals surface area contributed by atoms with E-state index < -0.39 is 22.9 Å². The van der Waals surface area contributed by atoms with Crippen molar-refractivity contribution in [2.75, 3.05) is 0 Å².